The molecule has 4 rings (SSSR count). The zero-order chi connectivity index (χ0) is 20.0. The first-order chi connectivity index (χ1) is 13.4. The third-order valence-electron chi connectivity index (χ3n) is 5.08. The molecule has 1 N–H and O–H groups in total. The molecule has 142 valence electrons. The van der Waals surface area contributed by atoms with E-state index in [4.69, 9.17) is 5.41 Å². The van der Waals surface area contributed by atoms with Gasteiger partial charge >= 0.3 is 0 Å². The van der Waals surface area contributed by atoms with E-state index in [0.29, 0.717) is 10.7 Å². The highest BCUT2D eigenvalue weighted by molar-refractivity contribution is 8.17. The summed E-state index contributed by atoms with van der Waals surface area (Å²) in [6.45, 7) is 8.21. The minimum absolute atomic E-state index is 0.179. The SMILES string of the molecule is CCc1ccccc1-n1c(C)cc(/C=C2/C(=N)N3C=C(C)SC3=NC2=O)c1C. The van der Waals surface area contributed by atoms with Crippen molar-refractivity contribution in [3.05, 3.63) is 69.5 Å². The Hall–Kier alpha value is -2.86. The van der Waals surface area contributed by atoms with Crippen LogP contribution >= 0.6 is 11.8 Å². The van der Waals surface area contributed by atoms with Crippen molar-refractivity contribution in [1.82, 2.24) is 9.47 Å². The molecule has 2 aromatic rings. The summed E-state index contributed by atoms with van der Waals surface area (Å²) >= 11 is 1.42. The Morgan fingerprint density at radius 1 is 1.21 bits per heavy atom. The van der Waals surface area contributed by atoms with E-state index < -0.39 is 0 Å². The van der Waals surface area contributed by atoms with Crippen molar-refractivity contribution < 1.29 is 4.79 Å². The van der Waals surface area contributed by atoms with Crippen LogP contribution in [0, 0.1) is 19.3 Å². The Bertz CT molecular complexity index is 1100. The summed E-state index contributed by atoms with van der Waals surface area (Å²) in [5.41, 5.74) is 5.82. The molecule has 2 aliphatic heterocycles. The van der Waals surface area contributed by atoms with Crippen molar-refractivity contribution in [3.8, 4) is 5.69 Å². The largest absolute Gasteiger partial charge is 0.318 e. The van der Waals surface area contributed by atoms with E-state index in [9.17, 15) is 4.79 Å². The molecule has 1 amide bonds. The Labute approximate surface area is 169 Å². The lowest BCUT2D eigenvalue weighted by atomic mass is 10.1. The fraction of sp³-hybridized carbons (Fsp3) is 0.227. The van der Waals surface area contributed by atoms with Crippen LogP contribution < -0.4 is 0 Å². The number of nitrogens with zero attached hydrogens (tertiary/aromatic N) is 3. The molecule has 0 bridgehead atoms. The maximum absolute atomic E-state index is 12.6. The van der Waals surface area contributed by atoms with Gasteiger partial charge in [0.1, 0.15) is 5.84 Å². The van der Waals surface area contributed by atoms with Gasteiger partial charge in [-0.25, -0.2) is 0 Å². The average Bonchev–Trinajstić information content (AvgIpc) is 3.17. The number of thioether (sulfide) groups is 1. The first-order valence-corrected chi connectivity index (χ1v) is 10.1. The standard InChI is InChI=1S/C22H22N4OS/c1-5-16-8-6-7-9-19(16)26-13(2)10-17(15(26)4)11-18-20(23)25-12-14(3)28-22(25)24-21(18)27/h6-12,23H,5H2,1-4H3/b18-11-,23-20?. The van der Waals surface area contributed by atoms with E-state index in [1.165, 1.54) is 17.3 Å². The van der Waals surface area contributed by atoms with Gasteiger partial charge in [-0.1, -0.05) is 36.9 Å². The molecule has 0 aliphatic carbocycles. The minimum atomic E-state index is -0.356. The molecule has 5 nitrogen and oxygen atoms in total. The van der Waals surface area contributed by atoms with Gasteiger partial charge in [0.15, 0.2) is 5.17 Å². The number of allylic oxidation sites excluding steroid dienone is 1. The number of aryl methyl sites for hydroxylation is 2. The van der Waals surface area contributed by atoms with Gasteiger partial charge < -0.3 is 4.57 Å². The Kier molecular flexibility index (Phi) is 4.59. The van der Waals surface area contributed by atoms with Crippen molar-refractivity contribution in [2.75, 3.05) is 0 Å². The Morgan fingerprint density at radius 3 is 2.71 bits per heavy atom. The molecule has 0 fully saturated rings. The van der Waals surface area contributed by atoms with Gasteiger partial charge in [-0.15, -0.1) is 0 Å². The van der Waals surface area contributed by atoms with E-state index >= 15 is 0 Å². The van der Waals surface area contributed by atoms with Crippen molar-refractivity contribution in [1.29, 1.82) is 5.41 Å². The number of amidine groups is 2. The molecule has 0 saturated carbocycles. The van der Waals surface area contributed by atoms with Crippen LogP contribution in [-0.4, -0.2) is 26.4 Å². The van der Waals surface area contributed by atoms with Crippen LogP contribution in [0.4, 0.5) is 0 Å². The van der Waals surface area contributed by atoms with Crippen LogP contribution in [0.1, 0.15) is 36.4 Å². The van der Waals surface area contributed by atoms with Crippen molar-refractivity contribution in [3.63, 3.8) is 0 Å². The third kappa shape index (κ3) is 2.94. The highest BCUT2D eigenvalue weighted by Crippen LogP contribution is 2.33. The van der Waals surface area contributed by atoms with Gasteiger partial charge in [0, 0.05) is 28.2 Å². The number of aromatic nitrogens is 1. The fourth-order valence-electron chi connectivity index (χ4n) is 3.69. The summed E-state index contributed by atoms with van der Waals surface area (Å²) in [7, 11) is 0. The summed E-state index contributed by atoms with van der Waals surface area (Å²) in [6.07, 6.45) is 4.60. The van der Waals surface area contributed by atoms with Crippen molar-refractivity contribution >= 4 is 34.7 Å². The molecule has 3 heterocycles. The van der Waals surface area contributed by atoms with E-state index in [-0.39, 0.29) is 11.7 Å². The number of carbonyl (C=O) groups excluding carboxylic acids is 1. The number of carbonyl (C=O) groups is 1. The summed E-state index contributed by atoms with van der Waals surface area (Å²) in [6, 6.07) is 10.4. The molecule has 6 heteroatoms. The van der Waals surface area contributed by atoms with E-state index in [1.54, 1.807) is 11.0 Å². The van der Waals surface area contributed by atoms with Crippen LogP contribution in [0.5, 0.6) is 0 Å². The second-order valence-electron chi connectivity index (χ2n) is 6.96. The Morgan fingerprint density at radius 2 is 1.96 bits per heavy atom. The molecule has 0 saturated heterocycles. The predicted molar refractivity (Wildman–Crippen MR) is 116 cm³/mol. The first kappa shape index (κ1) is 18.5. The number of para-hydroxylation sites is 1. The van der Waals surface area contributed by atoms with Crippen LogP contribution in [0.15, 0.2) is 52.0 Å². The zero-order valence-corrected chi connectivity index (χ0v) is 17.2. The number of aliphatic imine (C=N–C) groups is 1. The highest BCUT2D eigenvalue weighted by Gasteiger charge is 2.33. The maximum Gasteiger partial charge on any atom is 0.283 e. The van der Waals surface area contributed by atoms with Gasteiger partial charge in [-0.05, 0) is 56.5 Å². The van der Waals surface area contributed by atoms with E-state index in [0.717, 1.165) is 34.0 Å². The van der Waals surface area contributed by atoms with Gasteiger partial charge in [-0.2, -0.15) is 4.99 Å². The quantitative estimate of drug-likeness (QED) is 0.764. The summed E-state index contributed by atoms with van der Waals surface area (Å²) in [5, 5.41) is 9.06. The van der Waals surface area contributed by atoms with Gasteiger partial charge in [0.05, 0.1) is 5.57 Å². The molecular weight excluding hydrogens is 368 g/mol. The zero-order valence-electron chi connectivity index (χ0n) is 16.4. The van der Waals surface area contributed by atoms with Crippen LogP contribution in [0.2, 0.25) is 0 Å². The van der Waals surface area contributed by atoms with Crippen LogP contribution in [0.3, 0.4) is 0 Å². The van der Waals surface area contributed by atoms with Crippen molar-refractivity contribution in [2.45, 2.75) is 34.1 Å². The topological polar surface area (TPSA) is 61.5 Å². The number of benzene rings is 1. The van der Waals surface area contributed by atoms with Crippen LogP contribution in [-0.2, 0) is 11.2 Å². The minimum Gasteiger partial charge on any atom is -0.318 e. The van der Waals surface area contributed by atoms with Gasteiger partial charge in [0.25, 0.3) is 5.91 Å². The number of hydrogen-bond donors (Lipinski definition) is 1. The molecule has 0 radical (unpaired) electrons. The second-order valence-corrected chi connectivity index (χ2v) is 8.18. The summed E-state index contributed by atoms with van der Waals surface area (Å²) < 4.78 is 2.21. The van der Waals surface area contributed by atoms with Gasteiger partial charge in [0.2, 0.25) is 0 Å². The predicted octanol–water partition coefficient (Wildman–Crippen LogP) is 4.82. The van der Waals surface area contributed by atoms with Crippen molar-refractivity contribution in [2.24, 2.45) is 4.99 Å². The Balaban J connectivity index is 1.80. The molecule has 0 unspecified atom stereocenters. The number of nitrogens with one attached hydrogen (secondary N) is 1. The molecule has 1 aromatic carbocycles. The van der Waals surface area contributed by atoms with E-state index in [2.05, 4.69) is 47.7 Å². The maximum atomic E-state index is 12.6. The van der Waals surface area contributed by atoms with Crippen LogP contribution in [0.25, 0.3) is 11.8 Å². The average molecular weight is 391 g/mol. The molecule has 28 heavy (non-hydrogen) atoms. The smallest absolute Gasteiger partial charge is 0.283 e. The first-order valence-electron chi connectivity index (χ1n) is 9.27. The van der Waals surface area contributed by atoms with Gasteiger partial charge in [-0.3, -0.25) is 15.1 Å². The monoisotopic (exact) mass is 390 g/mol. The molecule has 1 aromatic heterocycles. The fourth-order valence-corrected chi connectivity index (χ4v) is 4.51. The molecular formula is C22H22N4OS. The lowest BCUT2D eigenvalue weighted by Crippen LogP contribution is -2.35. The molecule has 2 aliphatic rings. The second kappa shape index (κ2) is 6.95. The highest BCUT2D eigenvalue weighted by atomic mass is 32.2. The molecule has 0 atom stereocenters. The molecule has 0 spiro atoms. The van der Waals surface area contributed by atoms with E-state index in [1.807, 2.05) is 26.1 Å². The normalized spacial score (nSPS) is 17.9. The lowest BCUT2D eigenvalue weighted by Gasteiger charge is -2.22. The number of hydrogen-bond acceptors (Lipinski definition) is 3. The number of amides is 1. The third-order valence-corrected chi connectivity index (χ3v) is 5.97. The summed E-state index contributed by atoms with van der Waals surface area (Å²) in [5.74, 6) is -0.177. The number of fused-ring (bicyclic) bond motifs is 1. The lowest BCUT2D eigenvalue weighted by molar-refractivity contribution is -0.114. The number of rotatable bonds is 3. The summed E-state index contributed by atoms with van der Waals surface area (Å²) in [4.78, 5) is 19.4.